The summed E-state index contributed by atoms with van der Waals surface area (Å²) in [7, 11) is 1.58. The normalized spacial score (nSPS) is 15.0. The summed E-state index contributed by atoms with van der Waals surface area (Å²) in [6.45, 7) is 0.331. The summed E-state index contributed by atoms with van der Waals surface area (Å²) >= 11 is 12.3. The van der Waals surface area contributed by atoms with Gasteiger partial charge in [0.15, 0.2) is 0 Å². The third-order valence-electron chi connectivity index (χ3n) is 4.25. The van der Waals surface area contributed by atoms with Crippen molar-refractivity contribution in [3.05, 3.63) is 63.8 Å². The molecule has 1 fully saturated rings. The Morgan fingerprint density at radius 3 is 2.87 bits per heavy atom. The van der Waals surface area contributed by atoms with Gasteiger partial charge < -0.3 is 10.1 Å². The maximum atomic E-state index is 13.2. The molecule has 0 spiro atoms. The van der Waals surface area contributed by atoms with Crippen LogP contribution in [-0.4, -0.2) is 34.7 Å². The number of nitrogens with zero attached hydrogens (tertiary/aromatic N) is 1. The van der Waals surface area contributed by atoms with Gasteiger partial charge in [-0.3, -0.25) is 14.5 Å². The maximum absolute atomic E-state index is 13.2. The summed E-state index contributed by atoms with van der Waals surface area (Å²) in [5.41, 5.74) is 1.26. The van der Waals surface area contributed by atoms with Gasteiger partial charge in [0.05, 0.1) is 17.0 Å². The Kier molecular flexibility index (Phi) is 7.47. The Bertz CT molecular complexity index is 1030. The molecular weight excluding hydrogens is 447 g/mol. The average Bonchev–Trinajstić information content (AvgIpc) is 2.98. The number of thioether (sulfide) groups is 1. The van der Waals surface area contributed by atoms with Crippen molar-refractivity contribution in [2.24, 2.45) is 0 Å². The zero-order chi connectivity index (χ0) is 21.7. The predicted molar refractivity (Wildman–Crippen MR) is 122 cm³/mol. The van der Waals surface area contributed by atoms with E-state index in [1.54, 1.807) is 13.2 Å². The molecule has 0 aromatic heterocycles. The largest absolute Gasteiger partial charge is 0.497 e. The van der Waals surface area contributed by atoms with Crippen LogP contribution in [0.25, 0.3) is 6.08 Å². The molecule has 0 radical (unpaired) electrons. The van der Waals surface area contributed by atoms with Gasteiger partial charge in [-0.05, 0) is 48.4 Å². The van der Waals surface area contributed by atoms with Crippen LogP contribution in [0.2, 0.25) is 5.02 Å². The second-order valence-electron chi connectivity index (χ2n) is 6.39. The zero-order valence-corrected chi connectivity index (χ0v) is 18.4. The van der Waals surface area contributed by atoms with E-state index in [-0.39, 0.29) is 23.3 Å². The number of hydrogen-bond donors (Lipinski definition) is 1. The van der Waals surface area contributed by atoms with Crippen molar-refractivity contribution in [1.29, 1.82) is 0 Å². The lowest BCUT2D eigenvalue weighted by molar-refractivity contribution is -0.122. The van der Waals surface area contributed by atoms with Crippen LogP contribution in [0.1, 0.15) is 18.4 Å². The quantitative estimate of drug-likeness (QED) is 0.456. The number of rotatable bonds is 7. The minimum Gasteiger partial charge on any atom is -0.497 e. The molecule has 1 saturated heterocycles. The number of ether oxygens (including phenoxy) is 1. The smallest absolute Gasteiger partial charge is 0.266 e. The molecular formula is C21H18ClFN2O3S2. The molecule has 9 heteroatoms. The van der Waals surface area contributed by atoms with Crippen LogP contribution >= 0.6 is 35.6 Å². The van der Waals surface area contributed by atoms with E-state index in [0.717, 1.165) is 5.56 Å². The van der Waals surface area contributed by atoms with Crippen molar-refractivity contribution in [3.8, 4) is 5.75 Å². The Hall–Kier alpha value is -2.42. The Morgan fingerprint density at radius 1 is 1.33 bits per heavy atom. The van der Waals surface area contributed by atoms with E-state index in [1.807, 2.05) is 24.3 Å². The molecule has 3 rings (SSSR count). The molecule has 2 aromatic rings. The molecule has 0 saturated carbocycles. The van der Waals surface area contributed by atoms with E-state index >= 15 is 0 Å². The molecule has 2 aromatic carbocycles. The molecule has 0 aliphatic carbocycles. The van der Waals surface area contributed by atoms with Gasteiger partial charge in [0.25, 0.3) is 5.91 Å². The first kappa shape index (κ1) is 22.3. The Balaban J connectivity index is 1.54. The fourth-order valence-electron chi connectivity index (χ4n) is 2.77. The molecule has 2 amide bonds. The van der Waals surface area contributed by atoms with E-state index in [2.05, 4.69) is 5.32 Å². The van der Waals surface area contributed by atoms with Crippen molar-refractivity contribution in [1.82, 2.24) is 4.90 Å². The summed E-state index contributed by atoms with van der Waals surface area (Å²) in [4.78, 5) is 26.8. The minimum absolute atomic E-state index is 0.0619. The fourth-order valence-corrected chi connectivity index (χ4v) is 4.26. The molecule has 1 aliphatic rings. The summed E-state index contributed by atoms with van der Waals surface area (Å²) in [5.74, 6) is -0.285. The first-order valence-electron chi connectivity index (χ1n) is 9.01. The number of methoxy groups -OCH3 is 1. The second kappa shape index (κ2) is 10.1. The van der Waals surface area contributed by atoms with Gasteiger partial charge in [0, 0.05) is 18.7 Å². The van der Waals surface area contributed by atoms with E-state index in [9.17, 15) is 14.0 Å². The SMILES string of the molecule is COc1cccc(/C=C2\SC(=S)N(CCCC(=O)Nc3ccc(F)c(Cl)c3)C2=O)c1. The summed E-state index contributed by atoms with van der Waals surface area (Å²) < 4.78 is 18.8. The third kappa shape index (κ3) is 5.59. The third-order valence-corrected chi connectivity index (χ3v) is 5.92. The summed E-state index contributed by atoms with van der Waals surface area (Å²) in [6.07, 6.45) is 2.38. The van der Waals surface area contributed by atoms with Gasteiger partial charge in [0.2, 0.25) is 5.91 Å². The number of benzene rings is 2. The van der Waals surface area contributed by atoms with Gasteiger partial charge in [-0.25, -0.2) is 4.39 Å². The molecule has 5 nitrogen and oxygen atoms in total. The predicted octanol–water partition coefficient (Wildman–Crippen LogP) is 5.11. The molecule has 30 heavy (non-hydrogen) atoms. The molecule has 0 atom stereocenters. The van der Waals surface area contributed by atoms with Crippen LogP contribution in [-0.2, 0) is 9.59 Å². The van der Waals surface area contributed by atoms with Gasteiger partial charge in [-0.15, -0.1) is 0 Å². The van der Waals surface area contributed by atoms with Gasteiger partial charge in [-0.2, -0.15) is 0 Å². The van der Waals surface area contributed by atoms with E-state index in [0.29, 0.717) is 33.6 Å². The molecule has 1 N–H and O–H groups in total. The Morgan fingerprint density at radius 2 is 2.13 bits per heavy atom. The van der Waals surface area contributed by atoms with Crippen molar-refractivity contribution in [3.63, 3.8) is 0 Å². The topological polar surface area (TPSA) is 58.6 Å². The van der Waals surface area contributed by atoms with Gasteiger partial charge in [0.1, 0.15) is 15.9 Å². The molecule has 0 bridgehead atoms. The highest BCUT2D eigenvalue weighted by Gasteiger charge is 2.31. The monoisotopic (exact) mass is 464 g/mol. The minimum atomic E-state index is -0.550. The number of carbonyl (C=O) groups excluding carboxylic acids is 2. The highest BCUT2D eigenvalue weighted by Crippen LogP contribution is 2.33. The van der Waals surface area contributed by atoms with E-state index in [4.69, 9.17) is 28.6 Å². The number of thiocarbonyl (C=S) groups is 1. The summed E-state index contributed by atoms with van der Waals surface area (Å²) in [5, 5.41) is 2.59. The number of anilines is 1. The van der Waals surface area contributed by atoms with E-state index in [1.165, 1.54) is 34.9 Å². The van der Waals surface area contributed by atoms with Crippen molar-refractivity contribution < 1.29 is 18.7 Å². The molecule has 156 valence electrons. The van der Waals surface area contributed by atoms with Crippen molar-refractivity contribution in [2.45, 2.75) is 12.8 Å². The number of hydrogen-bond acceptors (Lipinski definition) is 5. The lowest BCUT2D eigenvalue weighted by atomic mass is 10.2. The zero-order valence-electron chi connectivity index (χ0n) is 16.0. The van der Waals surface area contributed by atoms with Crippen LogP contribution < -0.4 is 10.1 Å². The molecule has 1 heterocycles. The number of amides is 2. The lowest BCUT2D eigenvalue weighted by Crippen LogP contribution is -2.29. The lowest BCUT2D eigenvalue weighted by Gasteiger charge is -2.14. The first-order valence-corrected chi connectivity index (χ1v) is 10.6. The van der Waals surface area contributed by atoms with Gasteiger partial charge in [-0.1, -0.05) is 47.7 Å². The van der Waals surface area contributed by atoms with Crippen LogP contribution in [0.4, 0.5) is 10.1 Å². The first-order chi connectivity index (χ1) is 14.4. The standard InChI is InChI=1S/C21H18ClFN2O3S2/c1-28-15-5-2-4-13(10-15)11-18-20(27)25(21(29)30-18)9-3-6-19(26)24-14-7-8-17(23)16(22)12-14/h2,4-5,7-8,10-12H,3,6,9H2,1H3,(H,24,26)/b18-11-. The maximum Gasteiger partial charge on any atom is 0.266 e. The molecule has 1 aliphatic heterocycles. The molecule has 0 unspecified atom stereocenters. The highest BCUT2D eigenvalue weighted by atomic mass is 35.5. The van der Waals surface area contributed by atoms with Crippen molar-refractivity contribution >= 4 is 63.5 Å². The second-order valence-corrected chi connectivity index (χ2v) is 8.47. The number of carbonyl (C=O) groups is 2. The van der Waals surface area contributed by atoms with E-state index < -0.39 is 5.82 Å². The van der Waals surface area contributed by atoms with Gasteiger partial charge >= 0.3 is 0 Å². The Labute approximate surface area is 188 Å². The van der Waals surface area contributed by atoms with Crippen LogP contribution in [0.5, 0.6) is 5.75 Å². The van der Waals surface area contributed by atoms with Crippen LogP contribution in [0.3, 0.4) is 0 Å². The number of nitrogens with one attached hydrogen (secondary N) is 1. The van der Waals surface area contributed by atoms with Crippen molar-refractivity contribution in [2.75, 3.05) is 19.0 Å². The fraction of sp³-hybridized carbons (Fsp3) is 0.190. The van der Waals surface area contributed by atoms with Crippen LogP contribution in [0.15, 0.2) is 47.4 Å². The highest BCUT2D eigenvalue weighted by molar-refractivity contribution is 8.26. The number of halogens is 2. The average molecular weight is 465 g/mol. The summed E-state index contributed by atoms with van der Waals surface area (Å²) in [6, 6.07) is 11.4. The van der Waals surface area contributed by atoms with Crippen LogP contribution in [0, 0.1) is 5.82 Å².